The Hall–Kier alpha value is -0.900. The molecule has 2 aliphatic rings. The molecule has 0 amide bonds. The molecule has 2 rings (SSSR count). The van der Waals surface area contributed by atoms with Crippen LogP contribution in [0.1, 0.15) is 19.3 Å². The maximum absolute atomic E-state index is 11.2. The SMILES string of the molecule is O=C1CCC(C2OCCC2=O)O1. The molecular weight excluding hydrogens is 160 g/mol. The van der Waals surface area contributed by atoms with E-state index in [0.717, 1.165) is 0 Å². The summed E-state index contributed by atoms with van der Waals surface area (Å²) in [6.45, 7) is 0.470. The summed E-state index contributed by atoms with van der Waals surface area (Å²) in [4.78, 5) is 21.9. The molecule has 4 heteroatoms. The second-order valence-corrected chi connectivity index (χ2v) is 3.07. The average molecular weight is 170 g/mol. The number of hydrogen-bond donors (Lipinski definition) is 0. The molecule has 0 spiro atoms. The van der Waals surface area contributed by atoms with Crippen LogP contribution in [0.4, 0.5) is 0 Å². The Balaban J connectivity index is 2.00. The monoisotopic (exact) mass is 170 g/mol. The number of hydrogen-bond acceptors (Lipinski definition) is 4. The fraction of sp³-hybridized carbons (Fsp3) is 0.750. The highest BCUT2D eigenvalue weighted by molar-refractivity contribution is 5.86. The first-order valence-corrected chi connectivity index (χ1v) is 4.11. The molecule has 4 nitrogen and oxygen atoms in total. The maximum Gasteiger partial charge on any atom is 0.306 e. The molecule has 2 fully saturated rings. The summed E-state index contributed by atoms with van der Waals surface area (Å²) in [6, 6.07) is 0. The number of carbonyl (C=O) groups is 2. The predicted molar refractivity (Wildman–Crippen MR) is 38.5 cm³/mol. The highest BCUT2D eigenvalue weighted by Gasteiger charge is 2.38. The Bertz CT molecular complexity index is 223. The Morgan fingerprint density at radius 2 is 2.08 bits per heavy atom. The summed E-state index contributed by atoms with van der Waals surface area (Å²) >= 11 is 0. The molecule has 0 aromatic carbocycles. The molecule has 0 saturated carbocycles. The van der Waals surface area contributed by atoms with Gasteiger partial charge in [-0.15, -0.1) is 0 Å². The molecule has 0 bridgehead atoms. The molecule has 12 heavy (non-hydrogen) atoms. The zero-order valence-electron chi connectivity index (χ0n) is 6.62. The van der Waals surface area contributed by atoms with Crippen LogP contribution in [-0.4, -0.2) is 30.6 Å². The standard InChI is InChI=1S/C8H10O4/c9-5-3-4-11-8(5)6-1-2-7(10)12-6/h6,8H,1-4H2. The summed E-state index contributed by atoms with van der Waals surface area (Å²) < 4.78 is 10.1. The summed E-state index contributed by atoms with van der Waals surface area (Å²) in [5.41, 5.74) is 0. The summed E-state index contributed by atoms with van der Waals surface area (Å²) in [5.74, 6) is -0.155. The van der Waals surface area contributed by atoms with Gasteiger partial charge in [0.1, 0.15) is 6.10 Å². The van der Waals surface area contributed by atoms with Crippen LogP contribution in [0.2, 0.25) is 0 Å². The molecule has 2 heterocycles. The molecule has 0 aliphatic carbocycles. The lowest BCUT2D eigenvalue weighted by molar-refractivity contribution is -0.147. The molecule has 0 aromatic rings. The average Bonchev–Trinajstić information content (AvgIpc) is 2.58. The van der Waals surface area contributed by atoms with Crippen molar-refractivity contribution in [1.82, 2.24) is 0 Å². The van der Waals surface area contributed by atoms with Crippen LogP contribution in [0.3, 0.4) is 0 Å². The van der Waals surface area contributed by atoms with E-state index in [2.05, 4.69) is 0 Å². The summed E-state index contributed by atoms with van der Waals surface area (Å²) in [6.07, 6.45) is 0.704. The van der Waals surface area contributed by atoms with Crippen LogP contribution < -0.4 is 0 Å². The Morgan fingerprint density at radius 1 is 1.25 bits per heavy atom. The van der Waals surface area contributed by atoms with Gasteiger partial charge in [-0.3, -0.25) is 9.59 Å². The zero-order chi connectivity index (χ0) is 8.55. The van der Waals surface area contributed by atoms with E-state index in [-0.39, 0.29) is 17.9 Å². The molecule has 2 aliphatic heterocycles. The van der Waals surface area contributed by atoms with Gasteiger partial charge in [-0.05, 0) is 6.42 Å². The normalized spacial score (nSPS) is 35.7. The van der Waals surface area contributed by atoms with Gasteiger partial charge in [-0.25, -0.2) is 0 Å². The maximum atomic E-state index is 11.2. The molecule has 0 aromatic heterocycles. The van der Waals surface area contributed by atoms with Gasteiger partial charge in [-0.1, -0.05) is 0 Å². The van der Waals surface area contributed by atoms with E-state index in [1.807, 2.05) is 0 Å². The molecular formula is C8H10O4. The van der Waals surface area contributed by atoms with Gasteiger partial charge in [0.25, 0.3) is 0 Å². The van der Waals surface area contributed by atoms with E-state index in [0.29, 0.717) is 25.9 Å². The van der Waals surface area contributed by atoms with Crippen molar-refractivity contribution < 1.29 is 19.1 Å². The largest absolute Gasteiger partial charge is 0.459 e. The number of cyclic esters (lactones) is 1. The number of Topliss-reactive ketones (excluding diaryl/α,β-unsaturated/α-hetero) is 1. The van der Waals surface area contributed by atoms with Gasteiger partial charge < -0.3 is 9.47 Å². The summed E-state index contributed by atoms with van der Waals surface area (Å²) in [5, 5.41) is 0. The van der Waals surface area contributed by atoms with Crippen molar-refractivity contribution >= 4 is 11.8 Å². The van der Waals surface area contributed by atoms with Crippen molar-refractivity contribution in [3.05, 3.63) is 0 Å². The lowest BCUT2D eigenvalue weighted by Crippen LogP contribution is -2.31. The van der Waals surface area contributed by atoms with Gasteiger partial charge in [-0.2, -0.15) is 0 Å². The molecule has 2 atom stereocenters. The fourth-order valence-corrected chi connectivity index (χ4v) is 1.60. The first-order valence-electron chi connectivity index (χ1n) is 4.11. The highest BCUT2D eigenvalue weighted by Crippen LogP contribution is 2.23. The smallest absolute Gasteiger partial charge is 0.306 e. The Labute approximate surface area is 69.8 Å². The van der Waals surface area contributed by atoms with Gasteiger partial charge in [0.05, 0.1) is 6.61 Å². The second kappa shape index (κ2) is 2.86. The Morgan fingerprint density at radius 3 is 2.58 bits per heavy atom. The number of rotatable bonds is 1. The molecule has 2 saturated heterocycles. The first kappa shape index (κ1) is 7.73. The first-order chi connectivity index (χ1) is 5.77. The minimum absolute atomic E-state index is 0.0645. The zero-order valence-corrected chi connectivity index (χ0v) is 6.62. The van der Waals surface area contributed by atoms with E-state index in [1.165, 1.54) is 0 Å². The third-order valence-electron chi connectivity index (χ3n) is 2.22. The summed E-state index contributed by atoms with van der Waals surface area (Å²) in [7, 11) is 0. The topological polar surface area (TPSA) is 52.6 Å². The van der Waals surface area contributed by atoms with Crippen molar-refractivity contribution in [2.45, 2.75) is 31.5 Å². The fourth-order valence-electron chi connectivity index (χ4n) is 1.60. The van der Waals surface area contributed by atoms with E-state index in [4.69, 9.17) is 9.47 Å². The predicted octanol–water partition coefficient (Wildman–Crippen LogP) is 0.0500. The molecule has 66 valence electrons. The van der Waals surface area contributed by atoms with E-state index >= 15 is 0 Å². The second-order valence-electron chi connectivity index (χ2n) is 3.07. The van der Waals surface area contributed by atoms with Gasteiger partial charge in [0.2, 0.25) is 0 Å². The highest BCUT2D eigenvalue weighted by atomic mass is 16.6. The lowest BCUT2D eigenvalue weighted by Gasteiger charge is -2.14. The molecule has 2 unspecified atom stereocenters. The van der Waals surface area contributed by atoms with Crippen LogP contribution in [-0.2, 0) is 19.1 Å². The third-order valence-corrected chi connectivity index (χ3v) is 2.22. The number of carbonyl (C=O) groups excluding carboxylic acids is 2. The van der Waals surface area contributed by atoms with Crippen molar-refractivity contribution in [3.8, 4) is 0 Å². The number of esters is 1. The van der Waals surface area contributed by atoms with Gasteiger partial charge >= 0.3 is 5.97 Å². The number of ether oxygens (including phenoxy) is 2. The minimum Gasteiger partial charge on any atom is -0.459 e. The van der Waals surface area contributed by atoms with Gasteiger partial charge in [0, 0.05) is 12.8 Å². The minimum atomic E-state index is -0.476. The van der Waals surface area contributed by atoms with Crippen LogP contribution >= 0.6 is 0 Å². The van der Waals surface area contributed by atoms with E-state index < -0.39 is 6.10 Å². The van der Waals surface area contributed by atoms with Gasteiger partial charge in [0.15, 0.2) is 11.9 Å². The Kier molecular flexibility index (Phi) is 1.84. The van der Waals surface area contributed by atoms with Crippen molar-refractivity contribution in [3.63, 3.8) is 0 Å². The molecule has 0 N–H and O–H groups in total. The van der Waals surface area contributed by atoms with E-state index in [9.17, 15) is 9.59 Å². The van der Waals surface area contributed by atoms with Crippen LogP contribution in [0, 0.1) is 0 Å². The van der Waals surface area contributed by atoms with Crippen molar-refractivity contribution in [1.29, 1.82) is 0 Å². The third kappa shape index (κ3) is 1.22. The number of ketones is 1. The lowest BCUT2D eigenvalue weighted by atomic mass is 10.1. The van der Waals surface area contributed by atoms with Crippen molar-refractivity contribution in [2.75, 3.05) is 6.61 Å². The van der Waals surface area contributed by atoms with Crippen LogP contribution in [0.5, 0.6) is 0 Å². The quantitative estimate of drug-likeness (QED) is 0.522. The van der Waals surface area contributed by atoms with Crippen LogP contribution in [0.25, 0.3) is 0 Å². The molecule has 0 radical (unpaired) electrons. The van der Waals surface area contributed by atoms with Crippen LogP contribution in [0.15, 0.2) is 0 Å². The van der Waals surface area contributed by atoms with E-state index in [1.54, 1.807) is 0 Å². The van der Waals surface area contributed by atoms with Crippen molar-refractivity contribution in [2.24, 2.45) is 0 Å².